The average molecular weight is 823 g/mol. The van der Waals surface area contributed by atoms with Crippen molar-refractivity contribution in [1.82, 2.24) is 0 Å². The van der Waals surface area contributed by atoms with Gasteiger partial charge in [-0.1, -0.05) is 76.8 Å². The Hall–Kier alpha value is -1.11. The molecule has 3 aliphatic heterocycles. The van der Waals surface area contributed by atoms with E-state index in [4.69, 9.17) is 37.1 Å². The molecule has 8 unspecified atom stereocenters. The van der Waals surface area contributed by atoms with Crippen LogP contribution < -0.4 is 17.0 Å². The molecule has 3 heterocycles. The molecule has 6 aliphatic rings. The molecule has 290 valence electrons. The molecule has 52 heavy (non-hydrogen) atoms. The Labute approximate surface area is 345 Å². The minimum Gasteiger partial charge on any atom is -1.00 e. The van der Waals surface area contributed by atoms with Gasteiger partial charge in [-0.15, -0.1) is 0 Å². The number of esters is 1. The van der Waals surface area contributed by atoms with Crippen molar-refractivity contribution in [2.75, 3.05) is 19.8 Å². The standard InChI is InChI=1S/C15H22O3.C11H18O2.C8H12O2.C4H5ClO.C3H5.BrH.Mg/c1-4-9-15(18-14(16)11(2)3)10-17-13-8-6-5-7-12(13)15;1-2-7-11(12)8-13-10-6-4-3-5-9(10)11;9-7-5-10-8-4-2-1-3-6(7)8;1-3(2)4(5)6;1-3-2;;/h4,9,12-13H,2,5-8,10H2,1,3H3;2,7,9-10,12H,3-6,8H2,1H3;6,8H,1-5H2;1H2,2H3;1,3H,2H3;1H;/q;;;;-1;;+2/p-1/b9-4+;7-2+;;;;;. The summed E-state index contributed by atoms with van der Waals surface area (Å²) in [4.78, 5) is 32.7. The Morgan fingerprint density at radius 3 is 1.77 bits per heavy atom. The Morgan fingerprint density at radius 1 is 0.808 bits per heavy atom. The summed E-state index contributed by atoms with van der Waals surface area (Å²) in [5, 5.41) is 9.81. The Bertz CT molecular complexity index is 1210. The second-order valence-corrected chi connectivity index (χ2v) is 14.5. The summed E-state index contributed by atoms with van der Waals surface area (Å²) in [6, 6.07) is 0. The SMILES string of the molecule is C/C=C/C1(O)COC2CCCCC21.C=C(C)C(=O)Cl.C=C(C)C(=O)OC1(/C=C/C)COC2CCCCC21.O=C1COC2CCCCC12.[Br-].[CH-]=CC.[Mg+2]. The molecule has 11 heteroatoms. The molecular weight excluding hydrogens is 760 g/mol. The second-order valence-electron chi connectivity index (χ2n) is 14.2. The van der Waals surface area contributed by atoms with Crippen LogP contribution in [0.1, 0.15) is 112 Å². The molecule has 3 aliphatic carbocycles. The number of hydrogen-bond acceptors (Lipinski definition) is 8. The molecule has 0 aromatic carbocycles. The van der Waals surface area contributed by atoms with Crippen LogP contribution in [0.3, 0.4) is 0 Å². The van der Waals surface area contributed by atoms with Crippen LogP contribution in [0.4, 0.5) is 0 Å². The maximum absolute atomic E-state index is 11.8. The molecule has 0 radical (unpaired) electrons. The van der Waals surface area contributed by atoms with Gasteiger partial charge in [0.15, 0.2) is 11.4 Å². The van der Waals surface area contributed by atoms with Crippen molar-refractivity contribution < 1.29 is 55.4 Å². The van der Waals surface area contributed by atoms with Crippen molar-refractivity contribution in [1.29, 1.82) is 0 Å². The van der Waals surface area contributed by atoms with E-state index in [1.165, 1.54) is 44.6 Å². The smallest absolute Gasteiger partial charge is 1.00 e. The van der Waals surface area contributed by atoms with Crippen LogP contribution >= 0.6 is 11.6 Å². The van der Waals surface area contributed by atoms with Crippen LogP contribution in [0.15, 0.2) is 54.7 Å². The summed E-state index contributed by atoms with van der Waals surface area (Å²) < 4.78 is 22.5. The predicted molar refractivity (Wildman–Crippen MR) is 204 cm³/mol. The van der Waals surface area contributed by atoms with Crippen molar-refractivity contribution in [2.24, 2.45) is 17.8 Å². The summed E-state index contributed by atoms with van der Waals surface area (Å²) in [5.74, 6) is 0.935. The number of halogens is 2. The van der Waals surface area contributed by atoms with Crippen LogP contribution in [0, 0.1) is 24.3 Å². The van der Waals surface area contributed by atoms with Crippen molar-refractivity contribution >= 4 is 51.6 Å². The van der Waals surface area contributed by atoms with Crippen molar-refractivity contribution in [3.63, 3.8) is 0 Å². The molecule has 3 saturated heterocycles. The molecule has 0 spiro atoms. The number of carbonyl (C=O) groups is 3. The Kier molecular flexibility index (Phi) is 25.3. The van der Waals surface area contributed by atoms with Crippen LogP contribution in [0.25, 0.3) is 0 Å². The van der Waals surface area contributed by atoms with Gasteiger partial charge in [0.2, 0.25) is 5.24 Å². The molecule has 8 nitrogen and oxygen atoms in total. The number of ether oxygens (including phenoxy) is 4. The van der Waals surface area contributed by atoms with Crippen molar-refractivity contribution in [2.45, 2.75) is 141 Å². The second kappa shape index (κ2) is 25.9. The minimum absolute atomic E-state index is 0. The monoisotopic (exact) mass is 820 g/mol. The fraction of sp³-hybridized carbons (Fsp3) is 0.683. The van der Waals surface area contributed by atoms with Gasteiger partial charge in [0, 0.05) is 28.9 Å². The average Bonchev–Trinajstić information content (AvgIpc) is 3.76. The van der Waals surface area contributed by atoms with Crippen LogP contribution in [-0.4, -0.2) is 94.5 Å². The Balaban J connectivity index is 0.000000678. The maximum atomic E-state index is 11.8. The summed E-state index contributed by atoms with van der Waals surface area (Å²) in [7, 11) is 0. The zero-order chi connectivity index (χ0) is 37.3. The van der Waals surface area contributed by atoms with E-state index < -0.39 is 16.4 Å². The number of Topliss-reactive ketones (excluding diaryl/α,β-unsaturated/α-hetero) is 1. The molecule has 0 aromatic rings. The third-order valence-electron chi connectivity index (χ3n) is 10.2. The van der Waals surface area contributed by atoms with E-state index in [0.717, 1.165) is 38.5 Å². The molecule has 0 aromatic heterocycles. The third kappa shape index (κ3) is 15.2. The number of fused-ring (bicyclic) bond motifs is 3. The van der Waals surface area contributed by atoms with Crippen molar-refractivity contribution in [3.05, 3.63) is 61.3 Å². The van der Waals surface area contributed by atoms with Gasteiger partial charge in [0.05, 0.1) is 31.5 Å². The number of aliphatic hydroxyl groups is 1. The first-order valence-corrected chi connectivity index (χ1v) is 18.8. The number of carbonyl (C=O) groups excluding carboxylic acids is 3. The zero-order valence-corrected chi connectivity index (χ0v) is 36.0. The first-order valence-electron chi connectivity index (χ1n) is 18.4. The van der Waals surface area contributed by atoms with E-state index in [9.17, 15) is 19.5 Å². The van der Waals surface area contributed by atoms with E-state index in [0.29, 0.717) is 60.8 Å². The fourth-order valence-corrected chi connectivity index (χ4v) is 7.69. The topological polar surface area (TPSA) is 108 Å². The predicted octanol–water partition coefficient (Wildman–Crippen LogP) is 4.98. The van der Waals surface area contributed by atoms with Gasteiger partial charge in [0.25, 0.3) is 0 Å². The van der Waals surface area contributed by atoms with Crippen molar-refractivity contribution in [3.8, 4) is 0 Å². The number of hydrogen-bond donors (Lipinski definition) is 1. The quantitative estimate of drug-likeness (QED) is 0.103. The molecule has 0 bridgehead atoms. The van der Waals surface area contributed by atoms with Crippen LogP contribution in [0.5, 0.6) is 0 Å². The number of rotatable bonds is 5. The summed E-state index contributed by atoms with van der Waals surface area (Å²) in [6.07, 6.45) is 24.1. The normalized spacial score (nSPS) is 32.4. The molecule has 3 saturated carbocycles. The van der Waals surface area contributed by atoms with Gasteiger partial charge in [-0.25, -0.2) is 4.79 Å². The van der Waals surface area contributed by atoms with Gasteiger partial charge < -0.3 is 47.6 Å². The number of allylic oxidation sites excluding steroid dienone is 4. The number of ketones is 1. The van der Waals surface area contributed by atoms with Gasteiger partial charge in [-0.05, 0) is 83.9 Å². The van der Waals surface area contributed by atoms with Gasteiger partial charge in [0.1, 0.15) is 12.2 Å². The fourth-order valence-electron chi connectivity index (χ4n) is 7.69. The summed E-state index contributed by atoms with van der Waals surface area (Å²) >= 11 is 4.87. The largest absolute Gasteiger partial charge is 2.00 e. The first-order chi connectivity index (χ1) is 23.8. The maximum Gasteiger partial charge on any atom is 2.00 e. The first kappa shape index (κ1) is 50.9. The van der Waals surface area contributed by atoms with E-state index in [-0.39, 0.29) is 58.0 Å². The Morgan fingerprint density at radius 2 is 1.27 bits per heavy atom. The van der Waals surface area contributed by atoms with E-state index in [2.05, 4.69) is 13.2 Å². The summed E-state index contributed by atoms with van der Waals surface area (Å²) in [5.41, 5.74) is -0.412. The van der Waals surface area contributed by atoms with E-state index >= 15 is 0 Å². The molecule has 0 amide bonds. The molecule has 6 fully saturated rings. The van der Waals surface area contributed by atoms with E-state index in [1.54, 1.807) is 20.8 Å². The van der Waals surface area contributed by atoms with Gasteiger partial charge in [-0.3, -0.25) is 15.7 Å². The van der Waals surface area contributed by atoms with Crippen LogP contribution in [0.2, 0.25) is 0 Å². The minimum atomic E-state index is -0.667. The van der Waals surface area contributed by atoms with Gasteiger partial charge in [-0.2, -0.15) is 0 Å². The molecule has 8 atom stereocenters. The van der Waals surface area contributed by atoms with E-state index in [1.807, 2.05) is 38.2 Å². The van der Waals surface area contributed by atoms with Crippen LogP contribution in [-0.2, 0) is 33.3 Å². The third-order valence-corrected chi connectivity index (χ3v) is 10.5. The molecule has 1 N–H and O–H groups in total. The zero-order valence-electron chi connectivity index (χ0n) is 32.2. The molecule has 6 rings (SSSR count). The summed E-state index contributed by atoms with van der Waals surface area (Å²) in [6.45, 7) is 21.9. The van der Waals surface area contributed by atoms with Gasteiger partial charge >= 0.3 is 29.0 Å². The molecular formula is C41H62BrClMgO8.